The summed E-state index contributed by atoms with van der Waals surface area (Å²) in [6, 6.07) is 9.06. The van der Waals surface area contributed by atoms with E-state index in [0.29, 0.717) is 6.61 Å². The van der Waals surface area contributed by atoms with Crippen LogP contribution in [0.1, 0.15) is 129 Å². The Labute approximate surface area is 245 Å². The number of benzene rings is 2. The van der Waals surface area contributed by atoms with Crippen LogP contribution in [0.3, 0.4) is 0 Å². The van der Waals surface area contributed by atoms with Crippen molar-refractivity contribution in [2.75, 3.05) is 6.61 Å². The molecule has 0 aromatic heterocycles. The van der Waals surface area contributed by atoms with Gasteiger partial charge in [-0.05, 0) is 70.6 Å². The molecule has 0 unspecified atom stereocenters. The van der Waals surface area contributed by atoms with Gasteiger partial charge in [-0.25, -0.2) is 0 Å². The third-order valence-corrected chi connectivity index (χ3v) is 8.30. The lowest BCUT2D eigenvalue weighted by molar-refractivity contribution is 0.194. The zero-order chi connectivity index (χ0) is 30.0. The van der Waals surface area contributed by atoms with Crippen LogP contribution in [-0.2, 0) is 25.4 Å². The molecule has 0 fully saturated rings. The third kappa shape index (κ3) is 9.14. The van der Waals surface area contributed by atoms with E-state index in [1.807, 2.05) is 6.08 Å². The predicted octanol–water partition coefficient (Wildman–Crippen LogP) is 9.92. The number of unbranched alkanes of at least 4 members (excludes halogenated alkanes) is 1. The summed E-state index contributed by atoms with van der Waals surface area (Å²) in [4.78, 5) is 0. The lowest BCUT2D eigenvalue weighted by Crippen LogP contribution is -2.38. The van der Waals surface area contributed by atoms with Gasteiger partial charge in [-0.15, -0.1) is 6.58 Å². The molecule has 3 nitrogen and oxygen atoms in total. The van der Waals surface area contributed by atoms with Gasteiger partial charge >= 0.3 is 15.1 Å². The molecule has 0 saturated carbocycles. The highest BCUT2D eigenvalue weighted by Gasteiger charge is 2.44. The molecule has 0 aliphatic heterocycles. The average Bonchev–Trinajstić information content (AvgIpc) is 2.75. The molecule has 4 heteroatoms. The Bertz CT molecular complexity index is 981. The van der Waals surface area contributed by atoms with Gasteiger partial charge in [-0.3, -0.25) is 0 Å². The fourth-order valence-electron chi connectivity index (χ4n) is 4.72. The fourth-order valence-corrected chi connectivity index (χ4v) is 6.16. The maximum Gasteiger partial charge on any atom is 1.10 e. The van der Waals surface area contributed by atoms with Gasteiger partial charge in [-0.1, -0.05) is 125 Å². The molecule has 0 spiro atoms. The first kappa shape index (κ1) is 33.5. The summed E-state index contributed by atoms with van der Waals surface area (Å²) in [6.07, 6.45) is 3.72. The zero-order valence-corrected chi connectivity index (χ0v) is 28.7. The molecule has 0 bridgehead atoms. The molecule has 0 saturated heterocycles. The number of aryl methyl sites for hydroxylation is 2. The molecule has 2 rings (SSSR count). The normalized spacial score (nSPS) is 12.9. The number of rotatable bonds is 9. The maximum absolute atomic E-state index is 7.00. The predicted molar refractivity (Wildman–Crippen MR) is 170 cm³/mol. The monoisotopic (exact) mass is 550 g/mol. The van der Waals surface area contributed by atoms with E-state index in [-0.39, 0.29) is 21.7 Å². The van der Waals surface area contributed by atoms with E-state index in [4.69, 9.17) is 11.4 Å². The Balaban J connectivity index is 2.76. The number of hydrogen-bond donors (Lipinski definition) is 0. The molecular weight excluding hydrogens is 495 g/mol. The minimum absolute atomic E-state index is 0.0971. The first-order valence-electron chi connectivity index (χ1n) is 14.5. The van der Waals surface area contributed by atoms with Gasteiger partial charge in [0, 0.05) is 6.61 Å². The van der Waals surface area contributed by atoms with Gasteiger partial charge in [0.15, 0.2) is 0 Å². The first-order valence-corrected chi connectivity index (χ1v) is 15.9. The summed E-state index contributed by atoms with van der Waals surface area (Å²) in [5.74, 6) is 1.84. The molecule has 0 aliphatic rings. The summed E-state index contributed by atoms with van der Waals surface area (Å²) in [5, 5.41) is 0. The highest BCUT2D eigenvalue weighted by molar-refractivity contribution is 6.38. The number of hydrogen-bond acceptors (Lipinski definition) is 3. The SMILES string of the molecule is C=CCCC[O][Al]([O]c1c(C(C)(C)C)cc(C)cc1C(C)(C)C)[O]c1c(C(C)(C)C)cc(C)cc1C(C)(C)C. The Kier molecular flexibility index (Phi) is 10.7. The van der Waals surface area contributed by atoms with Crippen molar-refractivity contribution in [3.05, 3.63) is 70.3 Å². The van der Waals surface area contributed by atoms with Gasteiger partial charge in [0.05, 0.1) is 11.5 Å². The molecule has 0 amide bonds. The van der Waals surface area contributed by atoms with Crippen LogP contribution in [0, 0.1) is 13.8 Å². The summed E-state index contributed by atoms with van der Waals surface area (Å²) in [6.45, 7) is 35.8. The van der Waals surface area contributed by atoms with Crippen LogP contribution in [0.4, 0.5) is 0 Å². The Morgan fingerprint density at radius 2 is 0.923 bits per heavy atom. The molecule has 216 valence electrons. The molecular formula is C35H55AlO3. The summed E-state index contributed by atoms with van der Waals surface area (Å²) in [7, 11) is 0. The molecule has 0 aliphatic carbocycles. The molecule has 39 heavy (non-hydrogen) atoms. The Morgan fingerprint density at radius 1 is 0.615 bits per heavy atom. The van der Waals surface area contributed by atoms with Crippen molar-refractivity contribution in [3.8, 4) is 11.5 Å². The second-order valence-electron chi connectivity index (χ2n) is 15.2. The highest BCUT2D eigenvalue weighted by atomic mass is 27.3. The standard InChI is InChI=1S/2C15H24O.C5H9O.Al/c2*1-10-8-11(14(2,3)4)13(16)12(9-10)15(5,6)7;1-2-3-4-5-6;/h2*8-9,16H,1-7H3;2H,1,3-5H2;/q;;-1;+3/p-2. The minimum atomic E-state index is -2.70. The molecule has 0 heterocycles. The summed E-state index contributed by atoms with van der Waals surface area (Å²) < 4.78 is 20.5. The van der Waals surface area contributed by atoms with E-state index in [1.165, 1.54) is 33.4 Å². The second-order valence-corrected chi connectivity index (χ2v) is 16.6. The highest BCUT2D eigenvalue weighted by Crippen LogP contribution is 2.43. The van der Waals surface area contributed by atoms with Crippen LogP contribution < -0.4 is 7.58 Å². The van der Waals surface area contributed by atoms with Crippen molar-refractivity contribution < 1.29 is 11.4 Å². The topological polar surface area (TPSA) is 27.7 Å². The van der Waals surface area contributed by atoms with Crippen molar-refractivity contribution in [2.24, 2.45) is 0 Å². The van der Waals surface area contributed by atoms with Crippen molar-refractivity contribution in [1.29, 1.82) is 0 Å². The van der Waals surface area contributed by atoms with E-state index in [2.05, 4.69) is 128 Å². The Morgan fingerprint density at radius 3 is 1.18 bits per heavy atom. The zero-order valence-electron chi connectivity index (χ0n) is 27.5. The van der Waals surface area contributed by atoms with E-state index in [9.17, 15) is 0 Å². The maximum atomic E-state index is 7.00. The van der Waals surface area contributed by atoms with Gasteiger partial charge in [0.25, 0.3) is 0 Å². The van der Waals surface area contributed by atoms with Crippen LogP contribution in [0.5, 0.6) is 11.5 Å². The lowest BCUT2D eigenvalue weighted by atomic mass is 9.78. The van der Waals surface area contributed by atoms with E-state index in [1.54, 1.807) is 0 Å². The van der Waals surface area contributed by atoms with Crippen LogP contribution in [0.25, 0.3) is 0 Å². The van der Waals surface area contributed by atoms with Gasteiger partial charge < -0.3 is 11.4 Å². The first-order chi connectivity index (χ1) is 17.7. The Hall–Kier alpha value is -1.73. The van der Waals surface area contributed by atoms with Gasteiger partial charge in [0.2, 0.25) is 0 Å². The molecule has 0 N–H and O–H groups in total. The average molecular weight is 551 g/mol. The minimum Gasteiger partial charge on any atom is -0.588 e. The smallest absolute Gasteiger partial charge is 0.588 e. The van der Waals surface area contributed by atoms with Crippen molar-refractivity contribution in [1.82, 2.24) is 0 Å². The third-order valence-electron chi connectivity index (χ3n) is 6.93. The van der Waals surface area contributed by atoms with Crippen LogP contribution in [0.15, 0.2) is 36.9 Å². The summed E-state index contributed by atoms with van der Waals surface area (Å²) >= 11 is -2.70. The van der Waals surface area contributed by atoms with E-state index < -0.39 is 15.1 Å². The van der Waals surface area contributed by atoms with Crippen molar-refractivity contribution >= 4 is 15.1 Å². The van der Waals surface area contributed by atoms with E-state index >= 15 is 0 Å². The van der Waals surface area contributed by atoms with E-state index in [0.717, 1.165) is 24.3 Å². The van der Waals surface area contributed by atoms with Crippen LogP contribution >= 0.6 is 0 Å². The quantitative estimate of drug-likeness (QED) is 0.177. The fraction of sp³-hybridized carbons (Fsp3) is 0.600. The van der Waals surface area contributed by atoms with Gasteiger partial charge in [0.1, 0.15) is 0 Å². The largest absolute Gasteiger partial charge is 1.10 e. The lowest BCUT2D eigenvalue weighted by Gasteiger charge is -2.34. The molecule has 2 aromatic carbocycles. The van der Waals surface area contributed by atoms with Crippen LogP contribution in [-0.4, -0.2) is 21.8 Å². The van der Waals surface area contributed by atoms with Crippen molar-refractivity contribution in [2.45, 2.75) is 131 Å². The second kappa shape index (κ2) is 12.4. The molecule has 2 aromatic rings. The molecule has 0 radical (unpaired) electrons. The molecule has 0 atom stereocenters. The van der Waals surface area contributed by atoms with Crippen LogP contribution in [0.2, 0.25) is 0 Å². The number of allylic oxidation sites excluding steroid dienone is 1. The van der Waals surface area contributed by atoms with Gasteiger partial charge in [-0.2, -0.15) is 0 Å². The summed E-state index contributed by atoms with van der Waals surface area (Å²) in [5.41, 5.74) is 6.87. The van der Waals surface area contributed by atoms with Crippen molar-refractivity contribution in [3.63, 3.8) is 0 Å².